The third-order valence-corrected chi connectivity index (χ3v) is 8.35. The monoisotopic (exact) mass is 588 g/mol. The number of carboxylic acids is 1. The van der Waals surface area contributed by atoms with Gasteiger partial charge in [-0.15, -0.1) is 0 Å². The predicted molar refractivity (Wildman–Crippen MR) is 137 cm³/mol. The lowest BCUT2D eigenvalue weighted by Gasteiger charge is -2.31. The van der Waals surface area contributed by atoms with E-state index < -0.39 is 59.6 Å². The molecule has 0 aromatic carbocycles. The van der Waals surface area contributed by atoms with Crippen molar-refractivity contribution in [2.45, 2.75) is 77.1 Å². The maximum atomic E-state index is 14.4. The van der Waals surface area contributed by atoms with E-state index in [-0.39, 0.29) is 46.7 Å². The van der Waals surface area contributed by atoms with E-state index in [0.717, 1.165) is 17.3 Å². The molecule has 4 rings (SSSR count). The second-order valence-electron chi connectivity index (χ2n) is 11.1. The standard InChI is InChI=1S/C26H29Cl2F3N4O4/c1-25(2)8-7-16(9-25)34(13-20(36)21-18(27)11-32-12-19(21)28)23(37)17-10-33-35(22(17)26(29,30)31)15-5-3-14(4-6-15)24(38)39/h10-12,14-16H,3-9,13H2,1-2H3,(H,38,39)/t14?,15?,16-/m1/s1. The molecule has 212 valence electrons. The van der Waals surface area contributed by atoms with Crippen LogP contribution in [0.25, 0.3) is 0 Å². The molecule has 2 saturated carbocycles. The molecule has 8 nitrogen and oxygen atoms in total. The zero-order valence-corrected chi connectivity index (χ0v) is 23.0. The van der Waals surface area contributed by atoms with Crippen molar-refractivity contribution in [1.82, 2.24) is 19.7 Å². The summed E-state index contributed by atoms with van der Waals surface area (Å²) in [6.07, 6.45) is 0.998. The van der Waals surface area contributed by atoms with E-state index in [4.69, 9.17) is 23.2 Å². The zero-order chi connectivity index (χ0) is 28.7. The molecular weight excluding hydrogens is 560 g/mol. The minimum Gasteiger partial charge on any atom is -0.481 e. The third kappa shape index (κ3) is 6.24. The fraction of sp³-hybridized carbons (Fsp3) is 0.577. The first-order chi connectivity index (χ1) is 18.2. The van der Waals surface area contributed by atoms with E-state index in [1.54, 1.807) is 0 Å². The van der Waals surface area contributed by atoms with Crippen LogP contribution < -0.4 is 0 Å². The van der Waals surface area contributed by atoms with Gasteiger partial charge in [-0.1, -0.05) is 37.0 Å². The number of aromatic nitrogens is 3. The Morgan fingerprint density at radius 1 is 1.08 bits per heavy atom. The molecule has 0 aliphatic heterocycles. The number of carbonyl (C=O) groups is 3. The van der Waals surface area contributed by atoms with Crippen LogP contribution in [0.15, 0.2) is 18.6 Å². The molecule has 0 bridgehead atoms. The van der Waals surface area contributed by atoms with Crippen LogP contribution in [0.3, 0.4) is 0 Å². The molecule has 2 aliphatic carbocycles. The molecule has 0 unspecified atom stereocenters. The summed E-state index contributed by atoms with van der Waals surface area (Å²) >= 11 is 12.3. The van der Waals surface area contributed by atoms with Gasteiger partial charge in [0.2, 0.25) is 0 Å². The number of amides is 1. The van der Waals surface area contributed by atoms with Gasteiger partial charge in [-0.2, -0.15) is 18.3 Å². The number of carboxylic acid groups (broad SMARTS) is 1. The number of ketones is 1. The number of aliphatic carboxylic acids is 1. The lowest BCUT2D eigenvalue weighted by Crippen LogP contribution is -2.43. The van der Waals surface area contributed by atoms with Crippen molar-refractivity contribution in [2.24, 2.45) is 11.3 Å². The fourth-order valence-electron chi connectivity index (χ4n) is 5.74. The van der Waals surface area contributed by atoms with Gasteiger partial charge in [-0.3, -0.25) is 24.0 Å². The van der Waals surface area contributed by atoms with Gasteiger partial charge in [0.1, 0.15) is 0 Å². The molecule has 13 heteroatoms. The molecule has 1 atom stereocenters. The van der Waals surface area contributed by atoms with Crippen LogP contribution in [0.5, 0.6) is 0 Å². The molecule has 2 fully saturated rings. The second-order valence-corrected chi connectivity index (χ2v) is 11.9. The van der Waals surface area contributed by atoms with Crippen LogP contribution in [-0.4, -0.2) is 55.0 Å². The molecule has 1 amide bonds. The van der Waals surface area contributed by atoms with Crippen LogP contribution in [0.1, 0.15) is 91.2 Å². The number of halogens is 5. The van der Waals surface area contributed by atoms with E-state index >= 15 is 0 Å². The quantitative estimate of drug-likeness (QED) is 0.379. The predicted octanol–water partition coefficient (Wildman–Crippen LogP) is 6.32. The van der Waals surface area contributed by atoms with Gasteiger partial charge < -0.3 is 10.0 Å². The molecule has 2 aliphatic rings. The van der Waals surface area contributed by atoms with Gasteiger partial charge in [0, 0.05) is 18.4 Å². The number of carbonyl (C=O) groups excluding carboxylic acids is 2. The summed E-state index contributed by atoms with van der Waals surface area (Å²) in [5.74, 6) is -3.16. The second kappa shape index (κ2) is 11.1. The van der Waals surface area contributed by atoms with Crippen LogP contribution >= 0.6 is 23.2 Å². The highest BCUT2D eigenvalue weighted by Gasteiger charge is 2.45. The van der Waals surface area contributed by atoms with E-state index in [9.17, 15) is 32.7 Å². The molecule has 2 aromatic rings. The Hall–Kier alpha value is -2.66. The maximum absolute atomic E-state index is 14.4. The molecule has 1 N–H and O–H groups in total. The van der Waals surface area contributed by atoms with E-state index in [0.29, 0.717) is 12.8 Å². The fourth-order valence-corrected chi connectivity index (χ4v) is 6.32. The SMILES string of the molecule is CC1(C)CC[C@@H](N(CC(=O)c2c(Cl)cncc2Cl)C(=O)c2cnn(C3CCC(C(=O)O)CC3)c2C(F)(F)F)C1. The number of nitrogens with zero attached hydrogens (tertiary/aromatic N) is 4. The summed E-state index contributed by atoms with van der Waals surface area (Å²) in [6.45, 7) is 3.48. The van der Waals surface area contributed by atoms with E-state index in [2.05, 4.69) is 10.1 Å². The van der Waals surface area contributed by atoms with Crippen molar-refractivity contribution in [1.29, 1.82) is 0 Å². The van der Waals surface area contributed by atoms with Gasteiger partial charge in [-0.05, 0) is 50.4 Å². The molecule has 39 heavy (non-hydrogen) atoms. The normalized spacial score (nSPS) is 23.0. The Balaban J connectivity index is 1.70. The lowest BCUT2D eigenvalue weighted by molar-refractivity contribution is -0.147. The molecule has 2 heterocycles. The summed E-state index contributed by atoms with van der Waals surface area (Å²) in [7, 11) is 0. The Labute approximate surface area is 233 Å². The smallest absolute Gasteiger partial charge is 0.433 e. The first kappa shape index (κ1) is 29.3. The first-order valence-corrected chi connectivity index (χ1v) is 13.5. The molecule has 0 radical (unpaired) electrons. The van der Waals surface area contributed by atoms with Gasteiger partial charge in [0.25, 0.3) is 5.91 Å². The summed E-state index contributed by atoms with van der Waals surface area (Å²) in [4.78, 5) is 43.4. The van der Waals surface area contributed by atoms with Crippen molar-refractivity contribution in [3.8, 4) is 0 Å². The highest BCUT2D eigenvalue weighted by atomic mass is 35.5. The highest BCUT2D eigenvalue weighted by molar-refractivity contribution is 6.39. The zero-order valence-electron chi connectivity index (χ0n) is 21.5. The third-order valence-electron chi connectivity index (χ3n) is 7.78. The van der Waals surface area contributed by atoms with E-state index in [1.165, 1.54) is 17.3 Å². The average Bonchev–Trinajstić information content (AvgIpc) is 3.45. The van der Waals surface area contributed by atoms with Crippen LogP contribution in [-0.2, 0) is 11.0 Å². The number of hydrogen-bond donors (Lipinski definition) is 1. The molecular formula is C26H29Cl2F3N4O4. The first-order valence-electron chi connectivity index (χ1n) is 12.7. The Kier molecular flexibility index (Phi) is 8.33. The van der Waals surface area contributed by atoms with Gasteiger partial charge >= 0.3 is 12.1 Å². The van der Waals surface area contributed by atoms with Crippen molar-refractivity contribution in [3.63, 3.8) is 0 Å². The molecule has 2 aromatic heterocycles. The number of rotatable bonds is 7. The van der Waals surface area contributed by atoms with Crippen LogP contribution in [0.4, 0.5) is 13.2 Å². The topological polar surface area (TPSA) is 105 Å². The molecule has 0 spiro atoms. The van der Waals surface area contributed by atoms with Crippen molar-refractivity contribution in [2.75, 3.05) is 6.54 Å². The van der Waals surface area contributed by atoms with Crippen LogP contribution in [0.2, 0.25) is 10.0 Å². The summed E-state index contributed by atoms with van der Waals surface area (Å²) in [6, 6.07) is -1.18. The average molecular weight is 589 g/mol. The van der Waals surface area contributed by atoms with Crippen LogP contribution in [0, 0.1) is 11.3 Å². The summed E-state index contributed by atoms with van der Waals surface area (Å²) in [5, 5.41) is 13.2. The van der Waals surface area contributed by atoms with E-state index in [1.807, 2.05) is 13.8 Å². The van der Waals surface area contributed by atoms with Gasteiger partial charge in [0.05, 0.1) is 45.9 Å². The highest BCUT2D eigenvalue weighted by Crippen LogP contribution is 2.42. The Morgan fingerprint density at radius 2 is 1.69 bits per heavy atom. The minimum atomic E-state index is -4.91. The molecule has 0 saturated heterocycles. The van der Waals surface area contributed by atoms with Crippen molar-refractivity contribution < 1.29 is 32.7 Å². The number of hydrogen-bond acceptors (Lipinski definition) is 5. The number of Topliss-reactive ketones (excluding diaryl/α,β-unsaturated/α-hetero) is 1. The maximum Gasteiger partial charge on any atom is 0.433 e. The Bertz CT molecular complexity index is 1250. The number of pyridine rings is 1. The number of alkyl halides is 3. The largest absolute Gasteiger partial charge is 0.481 e. The minimum absolute atomic E-state index is 0.0209. The Morgan fingerprint density at radius 3 is 2.21 bits per heavy atom. The lowest BCUT2D eigenvalue weighted by atomic mass is 9.86. The summed E-state index contributed by atoms with van der Waals surface area (Å²) in [5.41, 5.74) is -2.06. The van der Waals surface area contributed by atoms with Gasteiger partial charge in [-0.25, -0.2) is 0 Å². The summed E-state index contributed by atoms with van der Waals surface area (Å²) < 4.78 is 44.1. The van der Waals surface area contributed by atoms with Crippen molar-refractivity contribution >= 4 is 40.9 Å². The van der Waals surface area contributed by atoms with Crippen molar-refractivity contribution in [3.05, 3.63) is 45.5 Å². The van der Waals surface area contributed by atoms with Gasteiger partial charge in [0.15, 0.2) is 11.5 Å².